The molecule has 0 saturated heterocycles. The van der Waals surface area contributed by atoms with Crippen molar-refractivity contribution < 1.29 is 0 Å². The van der Waals surface area contributed by atoms with Gasteiger partial charge in [0.2, 0.25) is 0 Å². The Balaban J connectivity index is 2.12. The summed E-state index contributed by atoms with van der Waals surface area (Å²) in [5, 5.41) is 0. The molecule has 2 aromatic heterocycles. The van der Waals surface area contributed by atoms with Gasteiger partial charge in [0.25, 0.3) is 0 Å². The van der Waals surface area contributed by atoms with Gasteiger partial charge in [0.15, 0.2) is 0 Å². The molecule has 2 heterocycles. The minimum atomic E-state index is 0.552. The molecule has 3 nitrogen and oxygen atoms in total. The standard InChI is InChI=1S/C19H23N3/c1-14(2)15-8-10-16(11-9-15)19-17(13-21(3)4)22-12-6-5-7-18(22)20-19/h5-12,14H,13H2,1-4H3. The number of benzene rings is 1. The lowest BCUT2D eigenvalue weighted by Crippen LogP contribution is -2.13. The van der Waals surface area contributed by atoms with Crippen LogP contribution in [0.4, 0.5) is 0 Å². The largest absolute Gasteiger partial charge is 0.304 e. The van der Waals surface area contributed by atoms with Gasteiger partial charge in [-0.3, -0.25) is 0 Å². The van der Waals surface area contributed by atoms with Crippen molar-refractivity contribution in [1.29, 1.82) is 0 Å². The summed E-state index contributed by atoms with van der Waals surface area (Å²) in [5.74, 6) is 0.552. The second kappa shape index (κ2) is 5.93. The minimum absolute atomic E-state index is 0.552. The van der Waals surface area contributed by atoms with E-state index in [2.05, 4.69) is 79.8 Å². The number of imidazole rings is 1. The Labute approximate surface area is 132 Å². The van der Waals surface area contributed by atoms with Crippen LogP contribution in [-0.2, 0) is 6.54 Å². The lowest BCUT2D eigenvalue weighted by Gasteiger charge is -2.12. The molecule has 0 bridgehead atoms. The van der Waals surface area contributed by atoms with Crippen LogP contribution in [0.5, 0.6) is 0 Å². The first-order valence-electron chi connectivity index (χ1n) is 7.77. The van der Waals surface area contributed by atoms with Gasteiger partial charge in [-0.25, -0.2) is 4.98 Å². The second-order valence-electron chi connectivity index (χ2n) is 6.35. The van der Waals surface area contributed by atoms with E-state index >= 15 is 0 Å². The maximum Gasteiger partial charge on any atom is 0.137 e. The summed E-state index contributed by atoms with van der Waals surface area (Å²) in [6, 6.07) is 15.0. The van der Waals surface area contributed by atoms with Crippen molar-refractivity contribution in [2.24, 2.45) is 0 Å². The zero-order chi connectivity index (χ0) is 15.7. The summed E-state index contributed by atoms with van der Waals surface area (Å²) in [6.07, 6.45) is 2.09. The Morgan fingerprint density at radius 1 is 1.05 bits per heavy atom. The molecule has 3 aromatic rings. The number of fused-ring (bicyclic) bond motifs is 1. The van der Waals surface area contributed by atoms with E-state index in [9.17, 15) is 0 Å². The fourth-order valence-corrected chi connectivity index (χ4v) is 2.75. The van der Waals surface area contributed by atoms with E-state index in [0.717, 1.165) is 17.9 Å². The normalized spacial score (nSPS) is 11.7. The molecule has 0 N–H and O–H groups in total. The lowest BCUT2D eigenvalue weighted by atomic mass is 10.0. The van der Waals surface area contributed by atoms with E-state index in [4.69, 9.17) is 4.98 Å². The molecule has 0 aliphatic carbocycles. The van der Waals surface area contributed by atoms with Crippen molar-refractivity contribution in [3.63, 3.8) is 0 Å². The zero-order valence-corrected chi connectivity index (χ0v) is 13.7. The van der Waals surface area contributed by atoms with Crippen LogP contribution in [0.3, 0.4) is 0 Å². The predicted octanol–water partition coefficient (Wildman–Crippen LogP) is 4.19. The molecule has 0 fully saturated rings. The van der Waals surface area contributed by atoms with Crippen molar-refractivity contribution in [3.8, 4) is 11.3 Å². The van der Waals surface area contributed by atoms with Crippen LogP contribution >= 0.6 is 0 Å². The van der Waals surface area contributed by atoms with Gasteiger partial charge in [-0.15, -0.1) is 0 Å². The van der Waals surface area contributed by atoms with Gasteiger partial charge in [0.05, 0.1) is 11.4 Å². The first-order chi connectivity index (χ1) is 10.6. The molecule has 0 spiro atoms. The van der Waals surface area contributed by atoms with E-state index in [0.29, 0.717) is 5.92 Å². The van der Waals surface area contributed by atoms with Crippen molar-refractivity contribution in [1.82, 2.24) is 14.3 Å². The molecule has 0 aliphatic heterocycles. The van der Waals surface area contributed by atoms with Gasteiger partial charge >= 0.3 is 0 Å². The highest BCUT2D eigenvalue weighted by molar-refractivity contribution is 5.67. The lowest BCUT2D eigenvalue weighted by molar-refractivity contribution is 0.396. The summed E-state index contributed by atoms with van der Waals surface area (Å²) < 4.78 is 2.19. The smallest absolute Gasteiger partial charge is 0.137 e. The third kappa shape index (κ3) is 2.77. The molecule has 1 aromatic carbocycles. The van der Waals surface area contributed by atoms with Crippen LogP contribution in [0, 0.1) is 0 Å². The summed E-state index contributed by atoms with van der Waals surface area (Å²) in [6.45, 7) is 5.31. The molecular weight excluding hydrogens is 270 g/mol. The van der Waals surface area contributed by atoms with Crippen LogP contribution in [0.15, 0.2) is 48.7 Å². The average molecular weight is 293 g/mol. The molecule has 0 radical (unpaired) electrons. The third-order valence-corrected chi connectivity index (χ3v) is 3.95. The summed E-state index contributed by atoms with van der Waals surface area (Å²) >= 11 is 0. The second-order valence-corrected chi connectivity index (χ2v) is 6.35. The molecule has 114 valence electrons. The van der Waals surface area contributed by atoms with Crippen molar-refractivity contribution >= 4 is 5.65 Å². The Hall–Kier alpha value is -2.13. The molecule has 0 saturated carbocycles. The van der Waals surface area contributed by atoms with Crippen LogP contribution in [0.2, 0.25) is 0 Å². The molecular formula is C19H23N3. The quantitative estimate of drug-likeness (QED) is 0.719. The van der Waals surface area contributed by atoms with Gasteiger partial charge in [-0.2, -0.15) is 0 Å². The van der Waals surface area contributed by atoms with E-state index in [1.54, 1.807) is 0 Å². The topological polar surface area (TPSA) is 20.5 Å². The minimum Gasteiger partial charge on any atom is -0.304 e. The fourth-order valence-electron chi connectivity index (χ4n) is 2.75. The summed E-state index contributed by atoms with van der Waals surface area (Å²) in [5.41, 5.74) is 5.86. The number of hydrogen-bond acceptors (Lipinski definition) is 2. The zero-order valence-electron chi connectivity index (χ0n) is 13.7. The number of pyridine rings is 1. The molecule has 3 rings (SSSR count). The first kappa shape index (κ1) is 14.8. The Kier molecular flexibility index (Phi) is 3.99. The van der Waals surface area contributed by atoms with Crippen molar-refractivity contribution in [2.45, 2.75) is 26.3 Å². The van der Waals surface area contributed by atoms with Gasteiger partial charge in [-0.05, 0) is 37.7 Å². The predicted molar refractivity (Wildman–Crippen MR) is 92.1 cm³/mol. The van der Waals surface area contributed by atoms with Crippen LogP contribution in [0.25, 0.3) is 16.9 Å². The Morgan fingerprint density at radius 2 is 1.77 bits per heavy atom. The number of aromatic nitrogens is 2. The highest BCUT2D eigenvalue weighted by atomic mass is 15.1. The number of rotatable bonds is 4. The third-order valence-electron chi connectivity index (χ3n) is 3.95. The van der Waals surface area contributed by atoms with E-state index in [1.807, 2.05) is 6.07 Å². The highest BCUT2D eigenvalue weighted by Gasteiger charge is 2.14. The monoisotopic (exact) mass is 293 g/mol. The molecule has 0 atom stereocenters. The first-order valence-corrected chi connectivity index (χ1v) is 7.77. The van der Waals surface area contributed by atoms with Gasteiger partial charge in [0.1, 0.15) is 5.65 Å². The van der Waals surface area contributed by atoms with E-state index < -0.39 is 0 Å². The number of nitrogens with zero attached hydrogens (tertiary/aromatic N) is 3. The summed E-state index contributed by atoms with van der Waals surface area (Å²) in [7, 11) is 4.18. The summed E-state index contributed by atoms with van der Waals surface area (Å²) in [4.78, 5) is 7.03. The Morgan fingerprint density at radius 3 is 2.41 bits per heavy atom. The molecule has 3 heteroatoms. The Bertz CT molecular complexity index is 767. The van der Waals surface area contributed by atoms with Crippen LogP contribution in [0.1, 0.15) is 31.0 Å². The van der Waals surface area contributed by atoms with Crippen molar-refractivity contribution in [3.05, 3.63) is 59.9 Å². The highest BCUT2D eigenvalue weighted by Crippen LogP contribution is 2.27. The van der Waals surface area contributed by atoms with Gasteiger partial charge in [0, 0.05) is 18.3 Å². The maximum absolute atomic E-state index is 4.85. The van der Waals surface area contributed by atoms with E-state index in [1.165, 1.54) is 16.8 Å². The molecule has 22 heavy (non-hydrogen) atoms. The average Bonchev–Trinajstić information content (AvgIpc) is 2.86. The molecule has 0 unspecified atom stereocenters. The number of hydrogen-bond donors (Lipinski definition) is 0. The van der Waals surface area contributed by atoms with Crippen LogP contribution < -0.4 is 0 Å². The van der Waals surface area contributed by atoms with E-state index in [-0.39, 0.29) is 0 Å². The molecule has 0 amide bonds. The maximum atomic E-state index is 4.85. The van der Waals surface area contributed by atoms with Gasteiger partial charge in [-0.1, -0.05) is 44.2 Å². The fraction of sp³-hybridized carbons (Fsp3) is 0.316. The van der Waals surface area contributed by atoms with Crippen LogP contribution in [-0.4, -0.2) is 28.4 Å². The molecule has 0 aliphatic rings. The SMILES string of the molecule is CC(C)c1ccc(-c2nc3ccccn3c2CN(C)C)cc1. The van der Waals surface area contributed by atoms with Crippen molar-refractivity contribution in [2.75, 3.05) is 14.1 Å². The van der Waals surface area contributed by atoms with Gasteiger partial charge < -0.3 is 9.30 Å².